The van der Waals surface area contributed by atoms with Gasteiger partial charge in [-0.2, -0.15) is 13.2 Å². The number of pyridine rings is 1. The third-order valence-electron chi connectivity index (χ3n) is 2.07. The molecule has 0 unspecified atom stereocenters. The summed E-state index contributed by atoms with van der Waals surface area (Å²) in [6.45, 7) is 0. The summed E-state index contributed by atoms with van der Waals surface area (Å²) in [6, 6.07) is 3.01. The van der Waals surface area contributed by atoms with E-state index in [9.17, 15) is 18.0 Å². The molecule has 2 heterocycles. The van der Waals surface area contributed by atoms with Crippen LogP contribution in [-0.2, 0) is 6.18 Å². The Hall–Kier alpha value is -2.38. The zero-order chi connectivity index (χ0) is 13.3. The first-order valence-electron chi connectivity index (χ1n) is 4.61. The molecule has 0 aromatic carbocycles. The van der Waals surface area contributed by atoms with E-state index >= 15 is 0 Å². The van der Waals surface area contributed by atoms with Gasteiger partial charge in [0.1, 0.15) is 5.69 Å². The molecule has 0 radical (unpaired) electrons. The lowest BCUT2D eigenvalue weighted by Gasteiger charge is -2.04. The van der Waals surface area contributed by atoms with E-state index in [2.05, 4.69) is 14.7 Å². The minimum Gasteiger partial charge on any atom is -0.476 e. The molecular weight excluding hydrogens is 253 g/mol. The minimum atomic E-state index is -4.52. The Morgan fingerprint density at radius 1 is 1.33 bits per heavy atom. The van der Waals surface area contributed by atoms with Gasteiger partial charge >= 0.3 is 12.1 Å². The molecule has 2 aromatic heterocycles. The Morgan fingerprint density at radius 3 is 2.50 bits per heavy atom. The van der Waals surface area contributed by atoms with Gasteiger partial charge in [0.15, 0.2) is 11.5 Å². The van der Waals surface area contributed by atoms with Crippen molar-refractivity contribution in [2.75, 3.05) is 0 Å². The molecule has 1 N–H and O–H groups in total. The van der Waals surface area contributed by atoms with Crippen molar-refractivity contribution in [2.45, 2.75) is 6.18 Å². The number of halogens is 3. The lowest BCUT2D eigenvalue weighted by Crippen LogP contribution is -2.07. The quantitative estimate of drug-likeness (QED) is 0.895. The zero-order valence-electron chi connectivity index (χ0n) is 8.60. The molecular formula is C10H5F3N2O3. The molecule has 0 saturated carbocycles. The van der Waals surface area contributed by atoms with Crippen molar-refractivity contribution in [3.63, 3.8) is 0 Å². The number of carbonyl (C=O) groups is 1. The van der Waals surface area contributed by atoms with Crippen LogP contribution >= 0.6 is 0 Å². The number of hydrogen-bond acceptors (Lipinski definition) is 4. The van der Waals surface area contributed by atoms with Crippen molar-refractivity contribution in [1.29, 1.82) is 0 Å². The average Bonchev–Trinajstić information content (AvgIpc) is 2.77. The molecule has 0 atom stereocenters. The van der Waals surface area contributed by atoms with E-state index in [4.69, 9.17) is 5.11 Å². The van der Waals surface area contributed by atoms with Crippen LogP contribution < -0.4 is 0 Å². The van der Waals surface area contributed by atoms with Gasteiger partial charge in [-0.1, -0.05) is 5.16 Å². The largest absolute Gasteiger partial charge is 0.476 e. The fraction of sp³-hybridized carbons (Fsp3) is 0.100. The lowest BCUT2D eigenvalue weighted by molar-refractivity contribution is -0.141. The predicted octanol–water partition coefficient (Wildman–Crippen LogP) is 2.45. The highest BCUT2D eigenvalue weighted by molar-refractivity contribution is 5.86. The summed E-state index contributed by atoms with van der Waals surface area (Å²) < 4.78 is 41.5. The van der Waals surface area contributed by atoms with Gasteiger partial charge < -0.3 is 9.63 Å². The lowest BCUT2D eigenvalue weighted by atomic mass is 10.2. The van der Waals surface area contributed by atoms with Crippen LogP contribution in [0.15, 0.2) is 28.9 Å². The molecule has 18 heavy (non-hydrogen) atoms. The second-order valence-electron chi connectivity index (χ2n) is 3.31. The molecule has 5 nitrogen and oxygen atoms in total. The van der Waals surface area contributed by atoms with Crippen molar-refractivity contribution >= 4 is 5.97 Å². The van der Waals surface area contributed by atoms with E-state index in [-0.39, 0.29) is 17.0 Å². The monoisotopic (exact) mass is 258 g/mol. The maximum Gasteiger partial charge on any atom is 0.433 e. The fourth-order valence-electron chi connectivity index (χ4n) is 1.22. The highest BCUT2D eigenvalue weighted by Gasteiger charge is 2.32. The van der Waals surface area contributed by atoms with Crippen LogP contribution in [0, 0.1) is 0 Å². The standard InChI is InChI=1S/C10H5F3N2O3/c11-10(12,13)8-2-1-5(4-14-8)7-3-6(9(16)17)15-18-7/h1-4H,(H,16,17). The molecule has 0 aliphatic heterocycles. The summed E-state index contributed by atoms with van der Waals surface area (Å²) in [5, 5.41) is 11.8. The minimum absolute atomic E-state index is 0.0358. The number of alkyl halides is 3. The third kappa shape index (κ3) is 2.31. The number of rotatable bonds is 2. The first-order valence-corrected chi connectivity index (χ1v) is 4.61. The Kier molecular flexibility index (Phi) is 2.77. The molecule has 0 bridgehead atoms. The Labute approximate surface area is 97.9 Å². The summed E-state index contributed by atoms with van der Waals surface area (Å²) >= 11 is 0. The fourth-order valence-corrected chi connectivity index (χ4v) is 1.22. The third-order valence-corrected chi connectivity index (χ3v) is 2.07. The summed E-state index contributed by atoms with van der Waals surface area (Å²) in [5.41, 5.74) is -1.16. The number of carboxylic acids is 1. The number of aromatic carboxylic acids is 1. The predicted molar refractivity (Wildman–Crippen MR) is 51.7 cm³/mol. The van der Waals surface area contributed by atoms with Crippen LogP contribution in [0.5, 0.6) is 0 Å². The van der Waals surface area contributed by atoms with Crippen LogP contribution in [-0.4, -0.2) is 21.2 Å². The Balaban J connectivity index is 2.31. The molecule has 2 aromatic rings. The SMILES string of the molecule is O=C(O)c1cc(-c2ccc(C(F)(F)F)nc2)on1. The van der Waals surface area contributed by atoms with Gasteiger partial charge in [-0.25, -0.2) is 4.79 Å². The van der Waals surface area contributed by atoms with Gasteiger partial charge in [-0.3, -0.25) is 4.98 Å². The molecule has 2 rings (SSSR count). The van der Waals surface area contributed by atoms with Crippen LogP contribution in [0.4, 0.5) is 13.2 Å². The van der Waals surface area contributed by atoms with E-state index < -0.39 is 17.8 Å². The molecule has 0 aliphatic carbocycles. The van der Waals surface area contributed by atoms with Gasteiger partial charge in [0.05, 0.1) is 0 Å². The molecule has 0 aliphatic rings. The van der Waals surface area contributed by atoms with Gasteiger partial charge in [0.2, 0.25) is 0 Å². The summed E-state index contributed by atoms with van der Waals surface area (Å²) in [5.74, 6) is -1.25. The molecule has 0 fully saturated rings. The van der Waals surface area contributed by atoms with Crippen LogP contribution in [0.3, 0.4) is 0 Å². The van der Waals surface area contributed by atoms with Gasteiger partial charge in [-0.15, -0.1) is 0 Å². The second-order valence-corrected chi connectivity index (χ2v) is 3.31. The molecule has 8 heteroatoms. The van der Waals surface area contributed by atoms with Crippen molar-refractivity contribution in [2.24, 2.45) is 0 Å². The summed E-state index contributed by atoms with van der Waals surface area (Å²) in [6.07, 6.45) is -3.58. The van der Waals surface area contributed by atoms with Gasteiger partial charge in [0, 0.05) is 17.8 Å². The van der Waals surface area contributed by atoms with Crippen molar-refractivity contribution < 1.29 is 27.6 Å². The summed E-state index contributed by atoms with van der Waals surface area (Å²) in [4.78, 5) is 13.8. The molecule has 0 amide bonds. The van der Waals surface area contributed by atoms with Crippen molar-refractivity contribution in [3.05, 3.63) is 35.8 Å². The zero-order valence-corrected chi connectivity index (χ0v) is 8.60. The van der Waals surface area contributed by atoms with Crippen molar-refractivity contribution in [1.82, 2.24) is 10.1 Å². The highest BCUT2D eigenvalue weighted by Crippen LogP contribution is 2.29. The molecule has 94 valence electrons. The number of carboxylic acid groups (broad SMARTS) is 1. The average molecular weight is 258 g/mol. The first kappa shape index (κ1) is 12.1. The Morgan fingerprint density at radius 2 is 2.06 bits per heavy atom. The van der Waals surface area contributed by atoms with Crippen molar-refractivity contribution in [3.8, 4) is 11.3 Å². The maximum atomic E-state index is 12.3. The second kappa shape index (κ2) is 4.13. The van der Waals surface area contributed by atoms with Crippen LogP contribution in [0.1, 0.15) is 16.2 Å². The molecule has 0 spiro atoms. The number of nitrogens with zero attached hydrogens (tertiary/aromatic N) is 2. The molecule has 0 saturated heterocycles. The van der Waals surface area contributed by atoms with E-state index in [0.717, 1.165) is 24.4 Å². The first-order chi connectivity index (χ1) is 8.38. The number of aromatic nitrogens is 2. The Bertz CT molecular complexity index is 575. The van der Waals surface area contributed by atoms with E-state index in [1.54, 1.807) is 0 Å². The topological polar surface area (TPSA) is 76.2 Å². The van der Waals surface area contributed by atoms with Gasteiger partial charge in [0.25, 0.3) is 0 Å². The smallest absolute Gasteiger partial charge is 0.433 e. The van der Waals surface area contributed by atoms with E-state index in [0.29, 0.717) is 0 Å². The number of hydrogen-bond donors (Lipinski definition) is 1. The normalized spacial score (nSPS) is 11.5. The maximum absolute atomic E-state index is 12.3. The van der Waals surface area contributed by atoms with Crippen LogP contribution in [0.2, 0.25) is 0 Å². The van der Waals surface area contributed by atoms with Gasteiger partial charge in [-0.05, 0) is 12.1 Å². The van der Waals surface area contributed by atoms with E-state index in [1.165, 1.54) is 0 Å². The van der Waals surface area contributed by atoms with Crippen LogP contribution in [0.25, 0.3) is 11.3 Å². The summed E-state index contributed by atoms with van der Waals surface area (Å²) in [7, 11) is 0. The highest BCUT2D eigenvalue weighted by atomic mass is 19.4. The van der Waals surface area contributed by atoms with E-state index in [1.807, 2.05) is 0 Å².